The number of ether oxygens (including phenoxy) is 1. The first-order valence-corrected chi connectivity index (χ1v) is 7.22. The number of amides is 1. The number of aromatic nitrogens is 2. The van der Waals surface area contributed by atoms with Gasteiger partial charge in [0.25, 0.3) is 5.91 Å². The minimum Gasteiger partial charge on any atom is -0.380 e. The summed E-state index contributed by atoms with van der Waals surface area (Å²) in [5.41, 5.74) is 1.71. The lowest BCUT2D eigenvalue weighted by atomic mass is 10.1. The van der Waals surface area contributed by atoms with Crippen LogP contribution in [0, 0.1) is 0 Å². The number of hydrogen-bond acceptors (Lipinski definition) is 3. The summed E-state index contributed by atoms with van der Waals surface area (Å²) in [6, 6.07) is 9.47. The Balaban J connectivity index is 1.86. The van der Waals surface area contributed by atoms with Crippen LogP contribution in [0.2, 0.25) is 0 Å². The van der Waals surface area contributed by atoms with Gasteiger partial charge in [-0.3, -0.25) is 9.48 Å². The predicted octanol–water partition coefficient (Wildman–Crippen LogP) is 2.09. The quantitative estimate of drug-likeness (QED) is 0.756. The van der Waals surface area contributed by atoms with Crippen LogP contribution in [0.4, 0.5) is 0 Å². The van der Waals surface area contributed by atoms with Gasteiger partial charge in [-0.1, -0.05) is 19.1 Å². The van der Waals surface area contributed by atoms with Crippen molar-refractivity contribution >= 4 is 5.91 Å². The average Bonchev–Trinajstić information content (AvgIpc) is 3.00. The number of nitrogens with zero attached hydrogens (tertiary/aromatic N) is 2. The molecule has 1 N–H and O–H groups in total. The zero-order valence-corrected chi connectivity index (χ0v) is 12.3. The first kappa shape index (κ1) is 15.3. The highest BCUT2D eigenvalue weighted by molar-refractivity contribution is 5.94. The molecule has 0 radical (unpaired) electrons. The van der Waals surface area contributed by atoms with Crippen molar-refractivity contribution in [2.24, 2.45) is 0 Å². The third-order valence-corrected chi connectivity index (χ3v) is 2.97. The molecule has 0 aliphatic heterocycles. The molecule has 1 heterocycles. The second-order valence-electron chi connectivity index (χ2n) is 4.77. The molecule has 0 aliphatic rings. The predicted molar refractivity (Wildman–Crippen MR) is 81.2 cm³/mol. The highest BCUT2D eigenvalue weighted by atomic mass is 16.5. The normalized spacial score (nSPS) is 10.5. The fourth-order valence-corrected chi connectivity index (χ4v) is 1.98. The Labute approximate surface area is 124 Å². The topological polar surface area (TPSA) is 56.1 Å². The zero-order chi connectivity index (χ0) is 14.9. The van der Waals surface area contributed by atoms with Crippen molar-refractivity contribution in [2.75, 3.05) is 19.8 Å². The Kier molecular flexibility index (Phi) is 5.97. The maximum atomic E-state index is 12.0. The van der Waals surface area contributed by atoms with Crippen molar-refractivity contribution in [1.29, 1.82) is 0 Å². The monoisotopic (exact) mass is 287 g/mol. The van der Waals surface area contributed by atoms with Gasteiger partial charge in [0, 0.05) is 31.1 Å². The van der Waals surface area contributed by atoms with Gasteiger partial charge in [0.1, 0.15) is 0 Å². The number of hydrogen-bond donors (Lipinski definition) is 1. The van der Waals surface area contributed by atoms with Crippen LogP contribution in [0.3, 0.4) is 0 Å². The molecule has 0 atom stereocenters. The van der Waals surface area contributed by atoms with Crippen LogP contribution < -0.4 is 5.32 Å². The molecule has 0 saturated carbocycles. The van der Waals surface area contributed by atoms with Crippen molar-refractivity contribution in [1.82, 2.24) is 15.1 Å². The van der Waals surface area contributed by atoms with Crippen LogP contribution in [0.25, 0.3) is 0 Å². The molecule has 1 amide bonds. The number of benzene rings is 1. The van der Waals surface area contributed by atoms with Crippen molar-refractivity contribution in [3.8, 4) is 0 Å². The summed E-state index contributed by atoms with van der Waals surface area (Å²) in [5.74, 6) is -0.0718. The molecule has 112 valence electrons. The molecular formula is C16H21N3O2. The number of carbonyl (C=O) groups excluding carboxylic acids is 1. The van der Waals surface area contributed by atoms with E-state index in [1.54, 1.807) is 6.20 Å². The van der Waals surface area contributed by atoms with E-state index in [1.807, 2.05) is 41.2 Å². The van der Waals surface area contributed by atoms with Crippen LogP contribution in [0.15, 0.2) is 42.7 Å². The molecule has 0 bridgehead atoms. The van der Waals surface area contributed by atoms with Gasteiger partial charge < -0.3 is 10.1 Å². The molecule has 2 aromatic rings. The highest BCUT2D eigenvalue weighted by Crippen LogP contribution is 2.07. The lowest BCUT2D eigenvalue weighted by Gasteiger charge is -2.08. The molecule has 1 aromatic carbocycles. The largest absolute Gasteiger partial charge is 0.380 e. The molecule has 5 heteroatoms. The summed E-state index contributed by atoms with van der Waals surface area (Å²) >= 11 is 0. The van der Waals surface area contributed by atoms with Crippen molar-refractivity contribution in [3.63, 3.8) is 0 Å². The van der Waals surface area contributed by atoms with E-state index in [0.29, 0.717) is 25.3 Å². The molecule has 0 fully saturated rings. The maximum absolute atomic E-state index is 12.0. The molecule has 5 nitrogen and oxygen atoms in total. The highest BCUT2D eigenvalue weighted by Gasteiger charge is 2.06. The lowest BCUT2D eigenvalue weighted by molar-refractivity contribution is 0.0915. The molecule has 1 aromatic heterocycles. The summed E-state index contributed by atoms with van der Waals surface area (Å²) in [6.45, 7) is 4.53. The summed E-state index contributed by atoms with van der Waals surface area (Å²) in [5, 5.41) is 7.02. The van der Waals surface area contributed by atoms with E-state index in [4.69, 9.17) is 4.74 Å². The molecule has 0 saturated heterocycles. The first-order valence-electron chi connectivity index (χ1n) is 7.22. The lowest BCUT2D eigenvalue weighted by Crippen LogP contribution is -2.27. The van der Waals surface area contributed by atoms with Crippen LogP contribution in [0.1, 0.15) is 29.3 Å². The van der Waals surface area contributed by atoms with E-state index >= 15 is 0 Å². The Morgan fingerprint density at radius 1 is 1.33 bits per heavy atom. The third-order valence-electron chi connectivity index (χ3n) is 2.97. The van der Waals surface area contributed by atoms with E-state index in [2.05, 4.69) is 17.3 Å². The molecule has 21 heavy (non-hydrogen) atoms. The van der Waals surface area contributed by atoms with E-state index in [9.17, 15) is 4.79 Å². The molecular weight excluding hydrogens is 266 g/mol. The standard InChI is InChI=1S/C16H21N3O2/c1-2-10-21-11-8-17-16(20)15-6-3-5-14(12-15)13-19-9-4-7-18-19/h3-7,9,12H,2,8,10-11,13H2,1H3,(H,17,20). The molecule has 0 aliphatic carbocycles. The third kappa shape index (κ3) is 5.04. The van der Waals surface area contributed by atoms with Gasteiger partial charge in [0.05, 0.1) is 13.2 Å². The second kappa shape index (κ2) is 8.21. The van der Waals surface area contributed by atoms with Crippen molar-refractivity contribution < 1.29 is 9.53 Å². The molecule has 0 spiro atoms. The minimum absolute atomic E-state index is 0.0718. The number of carbonyl (C=O) groups is 1. The van der Waals surface area contributed by atoms with Crippen LogP contribution in [0.5, 0.6) is 0 Å². The van der Waals surface area contributed by atoms with E-state index in [-0.39, 0.29) is 5.91 Å². The Bertz CT molecular complexity index is 552. The smallest absolute Gasteiger partial charge is 0.251 e. The van der Waals surface area contributed by atoms with Crippen LogP contribution >= 0.6 is 0 Å². The minimum atomic E-state index is -0.0718. The van der Waals surface area contributed by atoms with E-state index in [0.717, 1.165) is 18.6 Å². The van der Waals surface area contributed by atoms with Gasteiger partial charge in [-0.15, -0.1) is 0 Å². The zero-order valence-electron chi connectivity index (χ0n) is 12.3. The SMILES string of the molecule is CCCOCCNC(=O)c1cccc(Cn2cccn2)c1. The van der Waals surface area contributed by atoms with Gasteiger partial charge in [-0.05, 0) is 30.2 Å². The Morgan fingerprint density at radius 3 is 3.00 bits per heavy atom. The molecule has 0 unspecified atom stereocenters. The Hall–Kier alpha value is -2.14. The summed E-state index contributed by atoms with van der Waals surface area (Å²) in [6.07, 6.45) is 4.63. The van der Waals surface area contributed by atoms with Gasteiger partial charge in [-0.25, -0.2) is 0 Å². The van der Waals surface area contributed by atoms with Gasteiger partial charge in [-0.2, -0.15) is 5.10 Å². The maximum Gasteiger partial charge on any atom is 0.251 e. The number of rotatable bonds is 8. The number of nitrogens with one attached hydrogen (secondary N) is 1. The van der Waals surface area contributed by atoms with Gasteiger partial charge >= 0.3 is 0 Å². The van der Waals surface area contributed by atoms with Crippen LogP contribution in [-0.2, 0) is 11.3 Å². The van der Waals surface area contributed by atoms with E-state index in [1.165, 1.54) is 0 Å². The fourth-order valence-electron chi connectivity index (χ4n) is 1.98. The summed E-state index contributed by atoms with van der Waals surface area (Å²) < 4.78 is 7.17. The van der Waals surface area contributed by atoms with Gasteiger partial charge in [0.15, 0.2) is 0 Å². The van der Waals surface area contributed by atoms with E-state index < -0.39 is 0 Å². The molecule has 2 rings (SSSR count). The summed E-state index contributed by atoms with van der Waals surface area (Å²) in [4.78, 5) is 12.0. The summed E-state index contributed by atoms with van der Waals surface area (Å²) in [7, 11) is 0. The van der Waals surface area contributed by atoms with Crippen LogP contribution in [-0.4, -0.2) is 35.4 Å². The first-order chi connectivity index (χ1) is 10.3. The van der Waals surface area contributed by atoms with Crippen molar-refractivity contribution in [3.05, 3.63) is 53.9 Å². The van der Waals surface area contributed by atoms with Gasteiger partial charge in [0.2, 0.25) is 0 Å². The second-order valence-corrected chi connectivity index (χ2v) is 4.77. The Morgan fingerprint density at radius 2 is 2.24 bits per heavy atom. The fraction of sp³-hybridized carbons (Fsp3) is 0.375. The average molecular weight is 287 g/mol. The van der Waals surface area contributed by atoms with Crippen molar-refractivity contribution in [2.45, 2.75) is 19.9 Å².